The SMILES string of the molecule is Cc1cc(=O)[nH]c([C@@H](C)N2CCO[C@@H](c3nc(C)cs3)C2)n1. The zero-order chi connectivity index (χ0) is 15.7. The summed E-state index contributed by atoms with van der Waals surface area (Å²) in [5.41, 5.74) is 1.67. The van der Waals surface area contributed by atoms with E-state index in [-0.39, 0.29) is 17.7 Å². The molecular formula is C15H20N4O2S. The highest BCUT2D eigenvalue weighted by Gasteiger charge is 2.28. The van der Waals surface area contributed by atoms with Gasteiger partial charge in [-0.2, -0.15) is 0 Å². The van der Waals surface area contributed by atoms with E-state index in [9.17, 15) is 4.79 Å². The van der Waals surface area contributed by atoms with Crippen LogP contribution in [0.3, 0.4) is 0 Å². The minimum Gasteiger partial charge on any atom is -0.368 e. The maximum absolute atomic E-state index is 11.6. The lowest BCUT2D eigenvalue weighted by atomic mass is 10.2. The number of aromatic nitrogens is 3. The van der Waals surface area contributed by atoms with Gasteiger partial charge in [0.15, 0.2) is 0 Å². The van der Waals surface area contributed by atoms with Crippen molar-refractivity contribution in [1.82, 2.24) is 19.9 Å². The van der Waals surface area contributed by atoms with Crippen LogP contribution in [-0.4, -0.2) is 39.5 Å². The van der Waals surface area contributed by atoms with E-state index in [1.165, 1.54) is 6.07 Å². The summed E-state index contributed by atoms with van der Waals surface area (Å²) in [6.45, 7) is 8.12. The van der Waals surface area contributed by atoms with Crippen LogP contribution in [0.2, 0.25) is 0 Å². The molecule has 2 aromatic heterocycles. The lowest BCUT2D eigenvalue weighted by Gasteiger charge is -2.35. The summed E-state index contributed by atoms with van der Waals surface area (Å²) in [6.07, 6.45) is -0.00793. The zero-order valence-electron chi connectivity index (χ0n) is 13.0. The first-order valence-corrected chi connectivity index (χ1v) is 8.26. The van der Waals surface area contributed by atoms with Gasteiger partial charge >= 0.3 is 0 Å². The molecule has 1 N–H and O–H groups in total. The second-order valence-electron chi connectivity index (χ2n) is 5.63. The fourth-order valence-corrected chi connectivity index (χ4v) is 3.50. The molecule has 0 bridgehead atoms. The average molecular weight is 320 g/mol. The molecule has 0 amide bonds. The molecule has 6 nitrogen and oxygen atoms in total. The van der Waals surface area contributed by atoms with Crippen molar-refractivity contribution in [3.8, 4) is 0 Å². The van der Waals surface area contributed by atoms with Crippen LogP contribution in [-0.2, 0) is 4.74 Å². The maximum atomic E-state index is 11.6. The Morgan fingerprint density at radius 3 is 2.91 bits per heavy atom. The lowest BCUT2D eigenvalue weighted by Crippen LogP contribution is -2.40. The molecule has 1 aliphatic heterocycles. The minimum atomic E-state index is -0.102. The Morgan fingerprint density at radius 1 is 1.41 bits per heavy atom. The summed E-state index contributed by atoms with van der Waals surface area (Å²) >= 11 is 1.63. The van der Waals surface area contributed by atoms with Gasteiger partial charge < -0.3 is 9.72 Å². The molecule has 0 aliphatic carbocycles. The number of hydrogen-bond donors (Lipinski definition) is 1. The molecular weight excluding hydrogens is 300 g/mol. The number of thiazole rings is 1. The van der Waals surface area contributed by atoms with E-state index in [2.05, 4.69) is 26.8 Å². The van der Waals surface area contributed by atoms with Crippen LogP contribution in [0.4, 0.5) is 0 Å². The third-order valence-electron chi connectivity index (χ3n) is 3.84. The van der Waals surface area contributed by atoms with Gasteiger partial charge in [0, 0.05) is 35.9 Å². The summed E-state index contributed by atoms with van der Waals surface area (Å²) in [7, 11) is 0. The molecule has 2 aromatic rings. The van der Waals surface area contributed by atoms with Crippen molar-refractivity contribution in [1.29, 1.82) is 0 Å². The fourth-order valence-electron chi connectivity index (χ4n) is 2.66. The molecule has 0 saturated carbocycles. The van der Waals surface area contributed by atoms with Crippen molar-refractivity contribution in [2.24, 2.45) is 0 Å². The van der Waals surface area contributed by atoms with Crippen molar-refractivity contribution in [3.63, 3.8) is 0 Å². The minimum absolute atomic E-state index is 0.00793. The standard InChI is InChI=1S/C15H20N4O2S/c1-9-6-13(20)18-14(16-9)11(3)19-4-5-21-12(7-19)15-17-10(2)8-22-15/h6,8,11-12H,4-5,7H2,1-3H3,(H,16,18,20)/t11-,12-/m1/s1. The number of aryl methyl sites for hydroxylation is 2. The summed E-state index contributed by atoms with van der Waals surface area (Å²) in [6, 6.07) is 1.55. The molecule has 3 heterocycles. The molecule has 118 valence electrons. The van der Waals surface area contributed by atoms with Crippen LogP contribution in [0.5, 0.6) is 0 Å². The van der Waals surface area contributed by atoms with Gasteiger partial charge in [0.05, 0.1) is 12.6 Å². The average Bonchev–Trinajstić information content (AvgIpc) is 2.92. The van der Waals surface area contributed by atoms with Gasteiger partial charge in [0.2, 0.25) is 0 Å². The molecule has 0 radical (unpaired) electrons. The number of hydrogen-bond acceptors (Lipinski definition) is 6. The summed E-state index contributed by atoms with van der Waals surface area (Å²) in [4.78, 5) is 25.7. The van der Waals surface area contributed by atoms with E-state index in [0.717, 1.165) is 29.5 Å². The van der Waals surface area contributed by atoms with Crippen LogP contribution in [0.1, 0.15) is 41.3 Å². The number of rotatable bonds is 3. The van der Waals surface area contributed by atoms with E-state index in [1.807, 2.05) is 19.2 Å². The first-order chi connectivity index (χ1) is 10.5. The van der Waals surface area contributed by atoms with Crippen molar-refractivity contribution < 1.29 is 4.74 Å². The Bertz CT molecular complexity index is 712. The number of H-pyrrole nitrogens is 1. The Kier molecular flexibility index (Phi) is 4.37. The second-order valence-corrected chi connectivity index (χ2v) is 6.52. The lowest BCUT2D eigenvalue weighted by molar-refractivity contribution is -0.0443. The molecule has 1 aliphatic rings. The van der Waals surface area contributed by atoms with E-state index < -0.39 is 0 Å². The predicted molar refractivity (Wildman–Crippen MR) is 85.1 cm³/mol. The quantitative estimate of drug-likeness (QED) is 0.936. The molecule has 22 heavy (non-hydrogen) atoms. The number of aromatic amines is 1. The van der Waals surface area contributed by atoms with Gasteiger partial charge in [-0.3, -0.25) is 9.69 Å². The largest absolute Gasteiger partial charge is 0.368 e. The van der Waals surface area contributed by atoms with Gasteiger partial charge in [-0.25, -0.2) is 9.97 Å². The second kappa shape index (κ2) is 6.28. The van der Waals surface area contributed by atoms with Crippen molar-refractivity contribution in [3.05, 3.63) is 44.0 Å². The van der Waals surface area contributed by atoms with E-state index in [1.54, 1.807) is 11.3 Å². The van der Waals surface area contributed by atoms with E-state index >= 15 is 0 Å². The summed E-state index contributed by atoms with van der Waals surface area (Å²) < 4.78 is 5.85. The number of ether oxygens (including phenoxy) is 1. The molecule has 7 heteroatoms. The summed E-state index contributed by atoms with van der Waals surface area (Å²) in [5.74, 6) is 0.709. The van der Waals surface area contributed by atoms with Crippen LogP contribution in [0.15, 0.2) is 16.2 Å². The van der Waals surface area contributed by atoms with E-state index in [0.29, 0.717) is 12.4 Å². The Labute approximate surface area is 133 Å². The van der Waals surface area contributed by atoms with Crippen molar-refractivity contribution in [2.45, 2.75) is 32.9 Å². The van der Waals surface area contributed by atoms with Gasteiger partial charge in [-0.1, -0.05) is 0 Å². The number of morpholine rings is 1. The van der Waals surface area contributed by atoms with Gasteiger partial charge in [0.25, 0.3) is 5.56 Å². The highest BCUT2D eigenvalue weighted by molar-refractivity contribution is 7.09. The Morgan fingerprint density at radius 2 is 2.23 bits per heavy atom. The van der Waals surface area contributed by atoms with Crippen molar-refractivity contribution in [2.75, 3.05) is 19.7 Å². The highest BCUT2D eigenvalue weighted by Crippen LogP contribution is 2.28. The van der Waals surface area contributed by atoms with Crippen LogP contribution in [0.25, 0.3) is 0 Å². The highest BCUT2D eigenvalue weighted by atomic mass is 32.1. The first-order valence-electron chi connectivity index (χ1n) is 7.38. The topological polar surface area (TPSA) is 71.1 Å². The molecule has 0 unspecified atom stereocenters. The van der Waals surface area contributed by atoms with Crippen LogP contribution < -0.4 is 5.56 Å². The number of nitrogens with zero attached hydrogens (tertiary/aromatic N) is 3. The first kappa shape index (κ1) is 15.3. The smallest absolute Gasteiger partial charge is 0.251 e. The van der Waals surface area contributed by atoms with E-state index in [4.69, 9.17) is 4.74 Å². The monoisotopic (exact) mass is 320 g/mol. The van der Waals surface area contributed by atoms with Gasteiger partial charge in [0.1, 0.15) is 16.9 Å². The zero-order valence-corrected chi connectivity index (χ0v) is 13.8. The van der Waals surface area contributed by atoms with Crippen molar-refractivity contribution >= 4 is 11.3 Å². The Hall–Kier alpha value is -1.57. The van der Waals surface area contributed by atoms with Crippen LogP contribution >= 0.6 is 11.3 Å². The summed E-state index contributed by atoms with van der Waals surface area (Å²) in [5, 5.41) is 3.06. The molecule has 3 rings (SSSR count). The molecule has 2 atom stereocenters. The third kappa shape index (κ3) is 3.26. The Balaban J connectivity index is 1.77. The van der Waals surface area contributed by atoms with Gasteiger partial charge in [-0.05, 0) is 20.8 Å². The molecule has 1 fully saturated rings. The third-order valence-corrected chi connectivity index (χ3v) is 4.90. The molecule has 0 spiro atoms. The normalized spacial score (nSPS) is 21.0. The number of nitrogens with one attached hydrogen (secondary N) is 1. The molecule has 0 aromatic carbocycles. The maximum Gasteiger partial charge on any atom is 0.251 e. The van der Waals surface area contributed by atoms with Crippen LogP contribution in [0, 0.1) is 13.8 Å². The van der Waals surface area contributed by atoms with Gasteiger partial charge in [-0.15, -0.1) is 11.3 Å². The predicted octanol–water partition coefficient (Wildman–Crippen LogP) is 1.98. The molecule has 1 saturated heterocycles. The fraction of sp³-hybridized carbons (Fsp3) is 0.533.